The smallest absolute Gasteiger partial charge is 0.252 e. The molecular formula is C18H15NOS. The Labute approximate surface area is 128 Å². The summed E-state index contributed by atoms with van der Waals surface area (Å²) in [6.45, 7) is 0.569. The van der Waals surface area contributed by atoms with Crippen LogP contribution in [0.4, 0.5) is 0 Å². The molecule has 1 amide bonds. The Balaban J connectivity index is 1.83. The van der Waals surface area contributed by atoms with E-state index in [1.807, 2.05) is 72.1 Å². The van der Waals surface area contributed by atoms with Crippen molar-refractivity contribution in [2.24, 2.45) is 0 Å². The Kier molecular flexibility index (Phi) is 4.12. The molecule has 0 saturated carbocycles. The van der Waals surface area contributed by atoms with Crippen LogP contribution < -0.4 is 5.32 Å². The predicted molar refractivity (Wildman–Crippen MR) is 87.4 cm³/mol. The second-order valence-electron chi connectivity index (χ2n) is 4.67. The highest BCUT2D eigenvalue weighted by atomic mass is 32.1. The minimum absolute atomic E-state index is 0.0390. The molecule has 0 aliphatic rings. The summed E-state index contributed by atoms with van der Waals surface area (Å²) in [5.74, 6) is -0.0390. The van der Waals surface area contributed by atoms with E-state index in [2.05, 4.69) is 5.32 Å². The Morgan fingerprint density at radius 2 is 1.67 bits per heavy atom. The van der Waals surface area contributed by atoms with E-state index in [-0.39, 0.29) is 5.91 Å². The average molecular weight is 293 g/mol. The predicted octanol–water partition coefficient (Wildman–Crippen LogP) is 4.35. The summed E-state index contributed by atoms with van der Waals surface area (Å²) in [4.78, 5) is 13.6. The normalized spacial score (nSPS) is 10.3. The van der Waals surface area contributed by atoms with Crippen molar-refractivity contribution in [3.05, 3.63) is 82.6 Å². The highest BCUT2D eigenvalue weighted by molar-refractivity contribution is 7.09. The third kappa shape index (κ3) is 3.20. The van der Waals surface area contributed by atoms with Crippen molar-refractivity contribution in [2.75, 3.05) is 0 Å². The summed E-state index contributed by atoms with van der Waals surface area (Å²) in [7, 11) is 0. The van der Waals surface area contributed by atoms with E-state index < -0.39 is 0 Å². The van der Waals surface area contributed by atoms with Crippen LogP contribution in [-0.2, 0) is 6.54 Å². The molecule has 3 heteroatoms. The van der Waals surface area contributed by atoms with Crippen LogP contribution >= 0.6 is 11.3 Å². The van der Waals surface area contributed by atoms with Gasteiger partial charge in [0.05, 0.1) is 6.54 Å². The molecule has 0 fully saturated rings. The van der Waals surface area contributed by atoms with E-state index in [0.717, 1.165) is 16.0 Å². The highest BCUT2D eigenvalue weighted by Gasteiger charge is 2.11. The molecule has 104 valence electrons. The fourth-order valence-electron chi connectivity index (χ4n) is 2.23. The van der Waals surface area contributed by atoms with Crippen molar-refractivity contribution in [2.45, 2.75) is 6.54 Å². The average Bonchev–Trinajstić information content (AvgIpc) is 3.07. The first-order valence-corrected chi connectivity index (χ1v) is 7.67. The van der Waals surface area contributed by atoms with Gasteiger partial charge < -0.3 is 5.32 Å². The van der Waals surface area contributed by atoms with Gasteiger partial charge >= 0.3 is 0 Å². The molecule has 3 rings (SSSR count). The van der Waals surface area contributed by atoms with Crippen LogP contribution in [0.1, 0.15) is 15.2 Å². The molecule has 0 aliphatic carbocycles. The van der Waals surface area contributed by atoms with Crippen LogP contribution in [0.25, 0.3) is 11.1 Å². The van der Waals surface area contributed by atoms with E-state index in [1.54, 1.807) is 11.3 Å². The van der Waals surface area contributed by atoms with Gasteiger partial charge in [-0.05, 0) is 28.6 Å². The number of hydrogen-bond donors (Lipinski definition) is 1. The zero-order valence-corrected chi connectivity index (χ0v) is 12.3. The lowest BCUT2D eigenvalue weighted by Crippen LogP contribution is -2.22. The zero-order valence-electron chi connectivity index (χ0n) is 11.5. The summed E-state index contributed by atoms with van der Waals surface area (Å²) in [5, 5.41) is 5.00. The fraction of sp³-hybridized carbons (Fsp3) is 0.0556. The minimum Gasteiger partial charge on any atom is -0.347 e. The van der Waals surface area contributed by atoms with Crippen molar-refractivity contribution >= 4 is 17.2 Å². The van der Waals surface area contributed by atoms with E-state index >= 15 is 0 Å². The Morgan fingerprint density at radius 1 is 0.905 bits per heavy atom. The molecule has 0 spiro atoms. The molecule has 1 N–H and O–H groups in total. The van der Waals surface area contributed by atoms with E-state index in [9.17, 15) is 4.79 Å². The third-order valence-corrected chi connectivity index (χ3v) is 4.14. The molecule has 1 aromatic heterocycles. The number of nitrogens with one attached hydrogen (secondary N) is 1. The van der Waals surface area contributed by atoms with Crippen molar-refractivity contribution in [3.8, 4) is 11.1 Å². The second kappa shape index (κ2) is 6.37. The maximum absolute atomic E-state index is 12.4. The van der Waals surface area contributed by atoms with E-state index in [1.165, 1.54) is 0 Å². The molecule has 0 atom stereocenters. The van der Waals surface area contributed by atoms with Crippen LogP contribution in [0.15, 0.2) is 72.1 Å². The first kappa shape index (κ1) is 13.6. The number of rotatable bonds is 4. The minimum atomic E-state index is -0.0390. The maximum Gasteiger partial charge on any atom is 0.252 e. The molecule has 2 nitrogen and oxygen atoms in total. The lowest BCUT2D eigenvalue weighted by atomic mass is 9.99. The van der Waals surface area contributed by atoms with Crippen molar-refractivity contribution < 1.29 is 4.79 Å². The number of carbonyl (C=O) groups excluding carboxylic acids is 1. The maximum atomic E-state index is 12.4. The summed E-state index contributed by atoms with van der Waals surface area (Å²) < 4.78 is 0. The molecule has 0 unspecified atom stereocenters. The van der Waals surface area contributed by atoms with Gasteiger partial charge in [-0.2, -0.15) is 0 Å². The van der Waals surface area contributed by atoms with Crippen LogP contribution in [-0.4, -0.2) is 5.91 Å². The van der Waals surface area contributed by atoms with Crippen molar-refractivity contribution in [3.63, 3.8) is 0 Å². The number of benzene rings is 2. The summed E-state index contributed by atoms with van der Waals surface area (Å²) in [6.07, 6.45) is 0. The van der Waals surface area contributed by atoms with Gasteiger partial charge in [-0.15, -0.1) is 11.3 Å². The molecule has 2 aromatic carbocycles. The van der Waals surface area contributed by atoms with Crippen LogP contribution in [0.2, 0.25) is 0 Å². The van der Waals surface area contributed by atoms with Gasteiger partial charge in [-0.3, -0.25) is 4.79 Å². The SMILES string of the molecule is O=C(NCc1cccs1)c1ccccc1-c1ccccc1. The number of amides is 1. The fourth-order valence-corrected chi connectivity index (χ4v) is 2.87. The molecule has 3 aromatic rings. The van der Waals surface area contributed by atoms with Crippen molar-refractivity contribution in [1.29, 1.82) is 0 Å². The van der Waals surface area contributed by atoms with Gasteiger partial charge in [-0.25, -0.2) is 0 Å². The molecule has 0 aliphatic heterocycles. The number of thiophene rings is 1. The van der Waals surface area contributed by atoms with Gasteiger partial charge in [0.15, 0.2) is 0 Å². The van der Waals surface area contributed by atoms with Gasteiger partial charge in [-0.1, -0.05) is 54.6 Å². The standard InChI is InChI=1S/C18H15NOS/c20-18(19-13-15-9-6-12-21-15)17-11-5-4-10-16(17)14-7-2-1-3-8-14/h1-12H,13H2,(H,19,20). The zero-order chi connectivity index (χ0) is 14.5. The second-order valence-corrected chi connectivity index (χ2v) is 5.71. The van der Waals surface area contributed by atoms with Crippen LogP contribution in [0.3, 0.4) is 0 Å². The Hall–Kier alpha value is -2.39. The number of carbonyl (C=O) groups is 1. The molecule has 21 heavy (non-hydrogen) atoms. The quantitative estimate of drug-likeness (QED) is 0.761. The first-order valence-electron chi connectivity index (χ1n) is 6.79. The van der Waals surface area contributed by atoms with Gasteiger partial charge in [0.1, 0.15) is 0 Å². The van der Waals surface area contributed by atoms with Crippen LogP contribution in [0, 0.1) is 0 Å². The summed E-state index contributed by atoms with van der Waals surface area (Å²) in [6, 6.07) is 21.7. The molecule has 0 saturated heterocycles. The Morgan fingerprint density at radius 3 is 2.43 bits per heavy atom. The molecule has 0 radical (unpaired) electrons. The summed E-state index contributed by atoms with van der Waals surface area (Å²) >= 11 is 1.65. The third-order valence-electron chi connectivity index (χ3n) is 3.26. The van der Waals surface area contributed by atoms with E-state index in [0.29, 0.717) is 12.1 Å². The van der Waals surface area contributed by atoms with Gasteiger partial charge in [0.25, 0.3) is 5.91 Å². The lowest BCUT2D eigenvalue weighted by molar-refractivity contribution is 0.0952. The highest BCUT2D eigenvalue weighted by Crippen LogP contribution is 2.23. The lowest BCUT2D eigenvalue weighted by Gasteiger charge is -2.10. The Bertz CT molecular complexity index is 720. The van der Waals surface area contributed by atoms with Gasteiger partial charge in [0, 0.05) is 10.4 Å². The summed E-state index contributed by atoms with van der Waals surface area (Å²) in [5.41, 5.74) is 2.72. The van der Waals surface area contributed by atoms with Crippen molar-refractivity contribution in [1.82, 2.24) is 5.32 Å². The molecule has 0 bridgehead atoms. The van der Waals surface area contributed by atoms with E-state index in [4.69, 9.17) is 0 Å². The van der Waals surface area contributed by atoms with Crippen LogP contribution in [0.5, 0.6) is 0 Å². The van der Waals surface area contributed by atoms with Gasteiger partial charge in [0.2, 0.25) is 0 Å². The topological polar surface area (TPSA) is 29.1 Å². The first-order chi connectivity index (χ1) is 10.3. The molecular weight excluding hydrogens is 278 g/mol. The monoisotopic (exact) mass is 293 g/mol. The molecule has 1 heterocycles. The number of hydrogen-bond acceptors (Lipinski definition) is 2. The largest absolute Gasteiger partial charge is 0.347 e.